The van der Waals surface area contributed by atoms with Crippen molar-refractivity contribution in [1.82, 2.24) is 31.6 Å². The first-order valence-electron chi connectivity index (χ1n) is 20.2. The molecular formula is C44H57N9O5. The minimum Gasteiger partial charge on any atom is -0.370 e. The van der Waals surface area contributed by atoms with Crippen molar-refractivity contribution >= 4 is 46.4 Å². The molecule has 1 saturated carbocycles. The van der Waals surface area contributed by atoms with Crippen molar-refractivity contribution < 1.29 is 24.0 Å². The average molecular weight is 792 g/mol. The van der Waals surface area contributed by atoms with E-state index in [1.165, 1.54) is 5.56 Å². The van der Waals surface area contributed by atoms with Gasteiger partial charge in [0.1, 0.15) is 23.7 Å². The predicted octanol–water partition coefficient (Wildman–Crippen LogP) is 3.56. The number of hydrogen-bond donors (Lipinski definition) is 9. The Kier molecular flexibility index (Phi) is 15.4. The van der Waals surface area contributed by atoms with Crippen molar-refractivity contribution in [2.45, 2.75) is 107 Å². The van der Waals surface area contributed by atoms with E-state index in [1.54, 1.807) is 6.20 Å². The minimum atomic E-state index is -1.24. The molecule has 1 aliphatic rings. The van der Waals surface area contributed by atoms with Gasteiger partial charge in [0.25, 0.3) is 0 Å². The number of hydrogen-bond acceptors (Lipinski definition) is 6. The summed E-state index contributed by atoms with van der Waals surface area (Å²) in [5, 5.41) is 22.8. The Morgan fingerprint density at radius 2 is 1.43 bits per heavy atom. The number of fused-ring (bicyclic) bond motifs is 1. The van der Waals surface area contributed by atoms with Crippen LogP contribution in [0.2, 0.25) is 0 Å². The molecule has 1 aliphatic carbocycles. The molecule has 5 rings (SSSR count). The number of unbranched alkanes of at least 4 members (excludes halogenated alkanes) is 1. The first-order chi connectivity index (χ1) is 28.0. The second-order valence-electron chi connectivity index (χ2n) is 15.2. The van der Waals surface area contributed by atoms with Crippen LogP contribution in [0.4, 0.5) is 0 Å². The molecule has 1 aromatic heterocycles. The largest absolute Gasteiger partial charge is 0.370 e. The molecule has 11 N–H and O–H groups in total. The van der Waals surface area contributed by atoms with Gasteiger partial charge in [0.05, 0.1) is 0 Å². The molecule has 1 heterocycles. The van der Waals surface area contributed by atoms with Gasteiger partial charge >= 0.3 is 0 Å². The van der Waals surface area contributed by atoms with Crippen molar-refractivity contribution in [3.8, 4) is 0 Å². The lowest BCUT2D eigenvalue weighted by Crippen LogP contribution is -2.64. The second kappa shape index (κ2) is 20.8. The third kappa shape index (κ3) is 11.9. The van der Waals surface area contributed by atoms with E-state index >= 15 is 0 Å². The molecule has 0 unspecified atom stereocenters. The summed E-state index contributed by atoms with van der Waals surface area (Å²) >= 11 is 0. The lowest BCUT2D eigenvalue weighted by Gasteiger charge is -2.40. The fourth-order valence-electron chi connectivity index (χ4n) is 7.69. The van der Waals surface area contributed by atoms with Crippen LogP contribution in [-0.4, -0.2) is 70.7 Å². The molecular weight excluding hydrogens is 735 g/mol. The summed E-state index contributed by atoms with van der Waals surface area (Å²) in [7, 11) is 0. The summed E-state index contributed by atoms with van der Waals surface area (Å²) in [5.74, 6) is -2.69. The number of amides is 5. The topological polar surface area (TPSA) is 237 Å². The Morgan fingerprint density at radius 3 is 2.10 bits per heavy atom. The maximum Gasteiger partial charge on any atom is 0.246 e. The highest BCUT2D eigenvalue weighted by molar-refractivity contribution is 5.97. The van der Waals surface area contributed by atoms with Gasteiger partial charge in [-0.2, -0.15) is 0 Å². The van der Waals surface area contributed by atoms with Gasteiger partial charge in [0.2, 0.25) is 29.5 Å². The maximum atomic E-state index is 14.6. The van der Waals surface area contributed by atoms with Crippen LogP contribution in [0.1, 0.15) is 87.3 Å². The number of guanidine groups is 1. The molecule has 3 atom stereocenters. The van der Waals surface area contributed by atoms with E-state index in [0.717, 1.165) is 28.5 Å². The zero-order chi connectivity index (χ0) is 41.5. The molecule has 0 saturated heterocycles. The van der Waals surface area contributed by atoms with Crippen LogP contribution in [0.3, 0.4) is 0 Å². The molecule has 14 nitrogen and oxygen atoms in total. The molecule has 3 aromatic carbocycles. The molecule has 58 heavy (non-hydrogen) atoms. The molecule has 308 valence electrons. The highest BCUT2D eigenvalue weighted by Gasteiger charge is 2.44. The molecule has 5 amide bonds. The summed E-state index contributed by atoms with van der Waals surface area (Å²) in [6, 6.07) is 23.5. The van der Waals surface area contributed by atoms with Crippen LogP contribution >= 0.6 is 0 Å². The van der Waals surface area contributed by atoms with E-state index in [1.807, 2.05) is 79.7 Å². The van der Waals surface area contributed by atoms with Crippen molar-refractivity contribution in [3.63, 3.8) is 0 Å². The fraction of sp³-hybridized carbons (Fsp3) is 0.409. The predicted molar refractivity (Wildman–Crippen MR) is 224 cm³/mol. The molecule has 0 radical (unpaired) electrons. The van der Waals surface area contributed by atoms with Gasteiger partial charge in [0, 0.05) is 42.9 Å². The lowest BCUT2D eigenvalue weighted by atomic mass is 9.73. The van der Waals surface area contributed by atoms with Crippen LogP contribution in [-0.2, 0) is 36.8 Å². The number of primary amides is 1. The summed E-state index contributed by atoms with van der Waals surface area (Å²) in [5.41, 5.74) is 13.6. The van der Waals surface area contributed by atoms with Gasteiger partial charge in [-0.3, -0.25) is 29.4 Å². The molecule has 1 fully saturated rings. The Hall–Kier alpha value is -6.18. The molecule has 0 bridgehead atoms. The molecule has 4 aromatic rings. The Balaban J connectivity index is 1.37. The van der Waals surface area contributed by atoms with Crippen LogP contribution in [0, 0.1) is 5.41 Å². The molecule has 14 heteroatoms. The summed E-state index contributed by atoms with van der Waals surface area (Å²) in [4.78, 5) is 72.1. The smallest absolute Gasteiger partial charge is 0.246 e. The van der Waals surface area contributed by atoms with E-state index in [9.17, 15) is 24.0 Å². The number of rotatable bonds is 20. The van der Waals surface area contributed by atoms with E-state index in [0.29, 0.717) is 38.5 Å². The van der Waals surface area contributed by atoms with Crippen molar-refractivity contribution in [2.24, 2.45) is 11.5 Å². The molecule has 0 spiro atoms. The van der Waals surface area contributed by atoms with Gasteiger partial charge in [-0.05, 0) is 73.6 Å². The SMILES string of the molecule is CCCCC(=O)N[C@]1(C(=O)N[C@H](Cc2ccccc2)C(=O)N[C@@H](CCCNC(=N)N)C(=O)N[C@@H](Cc2c[nH]c3ccccc23)C(N)=O)CC[C@H](c2ccccc2)CC1. The number of aromatic nitrogens is 1. The first kappa shape index (κ1) is 43.0. The lowest BCUT2D eigenvalue weighted by molar-refractivity contribution is -0.138. The van der Waals surface area contributed by atoms with Crippen molar-refractivity contribution in [2.75, 3.05) is 6.54 Å². The van der Waals surface area contributed by atoms with E-state index < -0.39 is 47.3 Å². The van der Waals surface area contributed by atoms with E-state index in [2.05, 4.69) is 43.7 Å². The molecule has 0 aliphatic heterocycles. The number of nitrogens with one attached hydrogen (secondary N) is 7. The summed E-state index contributed by atoms with van der Waals surface area (Å²) in [6.07, 6.45) is 6.31. The number of carbonyl (C=O) groups excluding carboxylic acids is 5. The van der Waals surface area contributed by atoms with Crippen LogP contribution in [0.15, 0.2) is 91.1 Å². The normalized spacial score (nSPS) is 17.9. The summed E-state index contributed by atoms with van der Waals surface area (Å²) in [6.45, 7) is 2.25. The maximum absolute atomic E-state index is 14.6. The monoisotopic (exact) mass is 791 g/mol. The van der Waals surface area contributed by atoms with Gasteiger partial charge in [-0.1, -0.05) is 92.2 Å². The number of nitrogens with two attached hydrogens (primary N) is 2. The third-order valence-corrected chi connectivity index (χ3v) is 11.0. The van der Waals surface area contributed by atoms with Gasteiger partial charge in [0.15, 0.2) is 5.96 Å². The number of aromatic amines is 1. The first-order valence-corrected chi connectivity index (χ1v) is 20.2. The highest BCUT2D eigenvalue weighted by Crippen LogP contribution is 2.38. The van der Waals surface area contributed by atoms with Crippen LogP contribution in [0.5, 0.6) is 0 Å². The van der Waals surface area contributed by atoms with Crippen LogP contribution < -0.4 is 38.1 Å². The minimum absolute atomic E-state index is 0.107. The number of para-hydroxylation sites is 1. The van der Waals surface area contributed by atoms with Crippen molar-refractivity contribution in [1.29, 1.82) is 5.41 Å². The highest BCUT2D eigenvalue weighted by atomic mass is 16.2. The van der Waals surface area contributed by atoms with E-state index in [4.69, 9.17) is 16.9 Å². The third-order valence-electron chi connectivity index (χ3n) is 11.0. The quantitative estimate of drug-likeness (QED) is 0.0366. The number of H-pyrrole nitrogens is 1. The average Bonchev–Trinajstić information content (AvgIpc) is 3.63. The zero-order valence-corrected chi connectivity index (χ0v) is 33.2. The zero-order valence-electron chi connectivity index (χ0n) is 33.2. The number of benzene rings is 3. The Labute approximate surface area is 339 Å². The Bertz CT molecular complexity index is 2010. The Morgan fingerprint density at radius 1 is 0.793 bits per heavy atom. The fourth-order valence-corrected chi connectivity index (χ4v) is 7.69. The van der Waals surface area contributed by atoms with Crippen LogP contribution in [0.25, 0.3) is 10.9 Å². The van der Waals surface area contributed by atoms with Crippen molar-refractivity contribution in [3.05, 3.63) is 108 Å². The standard InChI is InChI=1S/C44H57N9O5/c1-2-3-20-38(54)53-44(23-21-31(22-24-44)30-15-8-5-9-16-30)42(58)52-37(26-29-13-6-4-7-14-29)41(57)50-35(19-12-25-48-43(46)47)40(56)51-36(39(45)55)27-32-28-49-34-18-11-10-17-33(32)34/h4-11,13-18,28,31,35-37,49H,2-3,12,19-27H2,1H3,(H2,45,55)(H,50,57)(H,51,56)(H,52,58)(H,53,54)(H4,46,47,48)/t31-,35-,36-,37+,44+/m0/s1. The second-order valence-corrected chi connectivity index (χ2v) is 15.2. The summed E-state index contributed by atoms with van der Waals surface area (Å²) < 4.78 is 0. The number of carbonyl (C=O) groups is 5. The van der Waals surface area contributed by atoms with Gasteiger partial charge in [-0.25, -0.2) is 0 Å². The van der Waals surface area contributed by atoms with Gasteiger partial charge < -0.3 is 43.0 Å². The van der Waals surface area contributed by atoms with E-state index in [-0.39, 0.29) is 50.0 Å². The van der Waals surface area contributed by atoms with Gasteiger partial charge in [-0.15, -0.1) is 0 Å².